The van der Waals surface area contributed by atoms with Gasteiger partial charge in [0.25, 0.3) is 0 Å². The molecule has 1 fully saturated rings. The highest BCUT2D eigenvalue weighted by Crippen LogP contribution is 2.29. The average Bonchev–Trinajstić information content (AvgIpc) is 2.66. The molecule has 0 aromatic carbocycles. The summed E-state index contributed by atoms with van der Waals surface area (Å²) in [5.74, 6) is 0.0581. The van der Waals surface area contributed by atoms with E-state index in [1.807, 2.05) is 0 Å². The van der Waals surface area contributed by atoms with Crippen LogP contribution in [-0.2, 0) is 14.8 Å². The van der Waals surface area contributed by atoms with E-state index in [9.17, 15) is 13.5 Å². The average molecular weight is 251 g/mol. The minimum atomic E-state index is -3.30. The second-order valence-corrected chi connectivity index (χ2v) is 6.25. The van der Waals surface area contributed by atoms with E-state index in [1.165, 1.54) is 0 Å². The zero-order chi connectivity index (χ0) is 12.1. The lowest BCUT2D eigenvalue weighted by Gasteiger charge is -2.27. The number of rotatable bonds is 7. The van der Waals surface area contributed by atoms with E-state index in [0.717, 1.165) is 25.7 Å². The van der Waals surface area contributed by atoms with E-state index in [-0.39, 0.29) is 12.4 Å². The number of methoxy groups -OCH3 is 1. The number of sulfonamides is 1. The monoisotopic (exact) mass is 251 g/mol. The first kappa shape index (κ1) is 13.9. The van der Waals surface area contributed by atoms with Crippen molar-refractivity contribution in [3.63, 3.8) is 0 Å². The van der Waals surface area contributed by atoms with Crippen molar-refractivity contribution in [2.24, 2.45) is 0 Å². The van der Waals surface area contributed by atoms with Crippen molar-refractivity contribution in [2.45, 2.75) is 37.6 Å². The van der Waals surface area contributed by atoms with Crippen molar-refractivity contribution in [2.75, 3.05) is 26.1 Å². The molecular formula is C10H21NO4S. The Balaban J connectivity index is 2.50. The van der Waals surface area contributed by atoms with Crippen molar-refractivity contribution in [1.82, 2.24) is 4.72 Å². The van der Waals surface area contributed by atoms with Crippen molar-refractivity contribution < 1.29 is 18.3 Å². The largest absolute Gasteiger partial charge is 0.394 e. The molecule has 0 aliphatic heterocycles. The summed E-state index contributed by atoms with van der Waals surface area (Å²) in [6.45, 7) is 0.323. The van der Waals surface area contributed by atoms with E-state index in [0.29, 0.717) is 13.0 Å². The summed E-state index contributed by atoms with van der Waals surface area (Å²) in [7, 11) is -1.75. The van der Waals surface area contributed by atoms with Gasteiger partial charge < -0.3 is 9.84 Å². The number of nitrogens with one attached hydrogen (secondary N) is 1. The molecule has 1 rings (SSSR count). The lowest BCUT2D eigenvalue weighted by molar-refractivity contribution is 0.184. The highest BCUT2D eigenvalue weighted by molar-refractivity contribution is 7.89. The van der Waals surface area contributed by atoms with Crippen LogP contribution in [0.1, 0.15) is 32.1 Å². The van der Waals surface area contributed by atoms with Crippen molar-refractivity contribution in [3.8, 4) is 0 Å². The molecule has 0 bridgehead atoms. The topological polar surface area (TPSA) is 75.6 Å². The Hall–Kier alpha value is -0.170. The smallest absolute Gasteiger partial charge is 0.212 e. The van der Waals surface area contributed by atoms with Crippen molar-refractivity contribution >= 4 is 10.0 Å². The van der Waals surface area contributed by atoms with Gasteiger partial charge in [-0.1, -0.05) is 12.8 Å². The zero-order valence-corrected chi connectivity index (χ0v) is 10.6. The van der Waals surface area contributed by atoms with Crippen LogP contribution in [0.15, 0.2) is 0 Å². The molecule has 0 aromatic heterocycles. The van der Waals surface area contributed by atoms with Crippen LogP contribution in [0.25, 0.3) is 0 Å². The third kappa shape index (κ3) is 4.01. The molecule has 1 saturated carbocycles. The molecule has 0 atom stereocenters. The number of hydrogen-bond donors (Lipinski definition) is 2. The predicted octanol–water partition coefficient (Wildman–Crippen LogP) is 0.247. The number of hydrogen-bond acceptors (Lipinski definition) is 4. The first-order valence-corrected chi connectivity index (χ1v) is 7.30. The molecule has 6 heteroatoms. The Kier molecular flexibility index (Phi) is 5.17. The maximum absolute atomic E-state index is 11.7. The van der Waals surface area contributed by atoms with E-state index in [4.69, 9.17) is 4.74 Å². The summed E-state index contributed by atoms with van der Waals surface area (Å²) in [6, 6.07) is 0. The summed E-state index contributed by atoms with van der Waals surface area (Å²) < 4.78 is 31.0. The van der Waals surface area contributed by atoms with Crippen LogP contribution in [-0.4, -0.2) is 45.1 Å². The number of ether oxygens (including phenoxy) is 1. The second-order valence-electron chi connectivity index (χ2n) is 4.41. The molecule has 96 valence electrons. The van der Waals surface area contributed by atoms with Gasteiger partial charge in [0.1, 0.15) is 0 Å². The SMILES string of the molecule is COCCCS(=O)(=O)NC1(CO)CCCC1. The summed E-state index contributed by atoms with van der Waals surface area (Å²) in [5, 5.41) is 9.30. The molecule has 0 heterocycles. The van der Waals surface area contributed by atoms with Gasteiger partial charge >= 0.3 is 0 Å². The summed E-state index contributed by atoms with van der Waals surface area (Å²) >= 11 is 0. The Morgan fingerprint density at radius 1 is 1.38 bits per heavy atom. The predicted molar refractivity (Wildman–Crippen MR) is 61.7 cm³/mol. The van der Waals surface area contributed by atoms with E-state index in [1.54, 1.807) is 7.11 Å². The number of aliphatic hydroxyl groups excluding tert-OH is 1. The van der Waals surface area contributed by atoms with Gasteiger partial charge in [-0.25, -0.2) is 13.1 Å². The lowest BCUT2D eigenvalue weighted by atomic mass is 10.0. The van der Waals surface area contributed by atoms with Gasteiger partial charge in [0.15, 0.2) is 0 Å². The standard InChI is InChI=1S/C10H21NO4S/c1-15-7-4-8-16(13,14)11-10(9-12)5-2-3-6-10/h11-12H,2-9H2,1H3. The maximum Gasteiger partial charge on any atom is 0.212 e. The maximum atomic E-state index is 11.7. The van der Waals surface area contributed by atoms with E-state index in [2.05, 4.69) is 4.72 Å². The highest BCUT2D eigenvalue weighted by atomic mass is 32.2. The molecule has 1 aliphatic rings. The van der Waals surface area contributed by atoms with Crippen LogP contribution in [0.4, 0.5) is 0 Å². The second kappa shape index (κ2) is 5.95. The van der Waals surface area contributed by atoms with Crippen molar-refractivity contribution in [3.05, 3.63) is 0 Å². The van der Waals surface area contributed by atoms with Gasteiger partial charge in [-0.15, -0.1) is 0 Å². The Bertz CT molecular complexity index is 296. The fraction of sp³-hybridized carbons (Fsp3) is 1.00. The molecular weight excluding hydrogens is 230 g/mol. The van der Waals surface area contributed by atoms with E-state index < -0.39 is 15.6 Å². The minimum absolute atomic E-state index is 0.0581. The van der Waals surface area contributed by atoms with Gasteiger partial charge in [-0.05, 0) is 19.3 Å². The Morgan fingerprint density at radius 3 is 2.50 bits per heavy atom. The van der Waals surface area contributed by atoms with Gasteiger partial charge in [0.05, 0.1) is 17.9 Å². The van der Waals surface area contributed by atoms with Gasteiger partial charge in [-0.3, -0.25) is 0 Å². The molecule has 5 nitrogen and oxygen atoms in total. The zero-order valence-electron chi connectivity index (χ0n) is 9.74. The first-order chi connectivity index (χ1) is 7.54. The Labute approximate surface area is 97.2 Å². The molecule has 1 aliphatic carbocycles. The lowest BCUT2D eigenvalue weighted by Crippen LogP contribution is -2.49. The van der Waals surface area contributed by atoms with Crippen LogP contribution >= 0.6 is 0 Å². The van der Waals surface area contributed by atoms with Crippen LogP contribution in [0.2, 0.25) is 0 Å². The molecule has 16 heavy (non-hydrogen) atoms. The van der Waals surface area contributed by atoms with Gasteiger partial charge in [0, 0.05) is 13.7 Å². The Morgan fingerprint density at radius 2 is 2.00 bits per heavy atom. The molecule has 0 saturated heterocycles. The summed E-state index contributed by atoms with van der Waals surface area (Å²) in [6.07, 6.45) is 3.88. The van der Waals surface area contributed by atoms with Crippen LogP contribution in [0.3, 0.4) is 0 Å². The minimum Gasteiger partial charge on any atom is -0.394 e. The fourth-order valence-corrected chi connectivity index (χ4v) is 3.65. The third-order valence-corrected chi connectivity index (χ3v) is 4.57. The molecule has 0 radical (unpaired) electrons. The molecule has 0 spiro atoms. The molecule has 2 N–H and O–H groups in total. The fourth-order valence-electron chi connectivity index (χ4n) is 2.12. The van der Waals surface area contributed by atoms with Crippen LogP contribution < -0.4 is 4.72 Å². The first-order valence-electron chi connectivity index (χ1n) is 5.65. The quantitative estimate of drug-likeness (QED) is 0.636. The molecule has 0 amide bonds. The van der Waals surface area contributed by atoms with Crippen molar-refractivity contribution in [1.29, 1.82) is 0 Å². The highest BCUT2D eigenvalue weighted by Gasteiger charge is 2.36. The molecule has 0 unspecified atom stereocenters. The third-order valence-electron chi connectivity index (χ3n) is 3.00. The summed E-state index contributed by atoms with van der Waals surface area (Å²) in [5.41, 5.74) is -0.605. The van der Waals surface area contributed by atoms with Crippen LogP contribution in [0.5, 0.6) is 0 Å². The van der Waals surface area contributed by atoms with Crippen LogP contribution in [0, 0.1) is 0 Å². The summed E-state index contributed by atoms with van der Waals surface area (Å²) in [4.78, 5) is 0. The molecule has 0 aromatic rings. The van der Waals surface area contributed by atoms with E-state index >= 15 is 0 Å². The van der Waals surface area contributed by atoms with Gasteiger partial charge in [-0.2, -0.15) is 0 Å². The van der Waals surface area contributed by atoms with Gasteiger partial charge in [0.2, 0.25) is 10.0 Å². The normalized spacial score (nSPS) is 20.1. The number of aliphatic hydroxyl groups is 1.